The van der Waals surface area contributed by atoms with Gasteiger partial charge in [0.05, 0.1) is 18.4 Å². The maximum Gasteiger partial charge on any atom is 0.224 e. The normalized spacial score (nSPS) is 10.6. The Hall–Kier alpha value is -2.96. The second-order valence-corrected chi connectivity index (χ2v) is 4.22. The van der Waals surface area contributed by atoms with Crippen molar-refractivity contribution in [3.63, 3.8) is 0 Å². The third-order valence-electron chi connectivity index (χ3n) is 2.75. The lowest BCUT2D eigenvalue weighted by atomic mass is 10.3. The fraction of sp³-hybridized carbons (Fsp3) is 0.0769. The first-order chi connectivity index (χ1) is 9.72. The van der Waals surface area contributed by atoms with Crippen LogP contribution in [-0.4, -0.2) is 19.9 Å². The number of nitrogens with one attached hydrogen (secondary N) is 1. The summed E-state index contributed by atoms with van der Waals surface area (Å²) in [5.74, 6) is 0.334. The Morgan fingerprint density at radius 2 is 1.80 bits per heavy atom. The van der Waals surface area contributed by atoms with Crippen LogP contribution in [0.25, 0.3) is 11.2 Å². The molecular weight excluding hydrogens is 254 g/mol. The average molecular weight is 267 g/mol. The lowest BCUT2D eigenvalue weighted by molar-refractivity contribution is 1.03. The minimum Gasteiger partial charge on any atom is -0.382 e. The summed E-state index contributed by atoms with van der Waals surface area (Å²) in [5.41, 5.74) is 13.9. The van der Waals surface area contributed by atoms with Gasteiger partial charge >= 0.3 is 0 Å². The molecule has 5 N–H and O–H groups in total. The number of para-hydroxylation sites is 1. The van der Waals surface area contributed by atoms with Gasteiger partial charge in [0.2, 0.25) is 5.95 Å². The maximum atomic E-state index is 5.78. The maximum absolute atomic E-state index is 5.78. The molecule has 20 heavy (non-hydrogen) atoms. The molecule has 0 amide bonds. The molecule has 7 heteroatoms. The van der Waals surface area contributed by atoms with Crippen molar-refractivity contribution in [2.75, 3.05) is 16.8 Å². The number of nitrogen functional groups attached to an aromatic ring is 2. The zero-order valence-electron chi connectivity index (χ0n) is 10.6. The van der Waals surface area contributed by atoms with Gasteiger partial charge in [-0.05, 0) is 12.1 Å². The van der Waals surface area contributed by atoms with E-state index < -0.39 is 0 Å². The predicted molar refractivity (Wildman–Crippen MR) is 77.7 cm³/mol. The summed E-state index contributed by atoms with van der Waals surface area (Å²) in [6, 6.07) is 9.84. The van der Waals surface area contributed by atoms with Crippen molar-refractivity contribution < 1.29 is 0 Å². The van der Waals surface area contributed by atoms with Crippen LogP contribution >= 0.6 is 0 Å². The van der Waals surface area contributed by atoms with Crippen LogP contribution in [0.4, 0.5) is 17.5 Å². The number of nitrogens with two attached hydrogens (primary N) is 2. The molecule has 3 aromatic rings. The topological polar surface area (TPSA) is 116 Å². The van der Waals surface area contributed by atoms with Crippen LogP contribution in [0.1, 0.15) is 5.69 Å². The lowest BCUT2D eigenvalue weighted by Gasteiger charge is -2.07. The van der Waals surface area contributed by atoms with E-state index in [-0.39, 0.29) is 11.8 Å². The van der Waals surface area contributed by atoms with Gasteiger partial charge in [-0.2, -0.15) is 9.97 Å². The van der Waals surface area contributed by atoms with Gasteiger partial charge in [-0.15, -0.1) is 0 Å². The van der Waals surface area contributed by atoms with E-state index in [1.165, 1.54) is 0 Å². The van der Waals surface area contributed by atoms with Gasteiger partial charge in [-0.25, -0.2) is 9.97 Å². The summed E-state index contributed by atoms with van der Waals surface area (Å²) in [6.07, 6.45) is 1.64. The highest BCUT2D eigenvalue weighted by atomic mass is 15.1. The Morgan fingerprint density at radius 1 is 1.00 bits per heavy atom. The number of anilines is 3. The highest BCUT2D eigenvalue weighted by molar-refractivity contribution is 5.81. The molecule has 0 spiro atoms. The zero-order chi connectivity index (χ0) is 13.9. The molecular formula is C13H13N7. The Kier molecular flexibility index (Phi) is 3.00. The molecule has 0 aliphatic heterocycles. The summed E-state index contributed by atoms with van der Waals surface area (Å²) >= 11 is 0. The Balaban J connectivity index is 1.86. The van der Waals surface area contributed by atoms with E-state index in [0.29, 0.717) is 17.7 Å². The van der Waals surface area contributed by atoms with Gasteiger partial charge < -0.3 is 16.8 Å². The predicted octanol–water partition coefficient (Wildman–Crippen LogP) is 1.20. The first-order valence-electron chi connectivity index (χ1n) is 6.06. The molecule has 0 radical (unpaired) electrons. The highest BCUT2D eigenvalue weighted by Crippen LogP contribution is 2.15. The van der Waals surface area contributed by atoms with E-state index in [0.717, 1.165) is 11.4 Å². The highest BCUT2D eigenvalue weighted by Gasteiger charge is 2.07. The van der Waals surface area contributed by atoms with Crippen LogP contribution in [-0.2, 0) is 6.54 Å². The molecule has 0 aliphatic rings. The molecule has 3 rings (SSSR count). The van der Waals surface area contributed by atoms with Crippen LogP contribution in [0.15, 0.2) is 36.5 Å². The van der Waals surface area contributed by atoms with Crippen molar-refractivity contribution in [3.05, 3.63) is 42.2 Å². The van der Waals surface area contributed by atoms with Crippen LogP contribution in [0.3, 0.4) is 0 Å². The van der Waals surface area contributed by atoms with E-state index in [4.69, 9.17) is 11.5 Å². The number of nitrogens with zero attached hydrogens (tertiary/aromatic N) is 4. The van der Waals surface area contributed by atoms with Crippen molar-refractivity contribution >= 4 is 28.6 Å². The van der Waals surface area contributed by atoms with Gasteiger partial charge in [-0.1, -0.05) is 18.2 Å². The largest absolute Gasteiger partial charge is 0.382 e. The number of hydrogen-bond donors (Lipinski definition) is 3. The minimum atomic E-state index is 0.0967. The average Bonchev–Trinajstić information content (AvgIpc) is 2.46. The molecule has 0 atom stereocenters. The molecule has 2 aromatic heterocycles. The van der Waals surface area contributed by atoms with E-state index in [1.807, 2.05) is 30.3 Å². The van der Waals surface area contributed by atoms with Crippen molar-refractivity contribution in [1.82, 2.24) is 19.9 Å². The van der Waals surface area contributed by atoms with Gasteiger partial charge in [0.15, 0.2) is 17.0 Å². The van der Waals surface area contributed by atoms with Gasteiger partial charge in [0, 0.05) is 5.69 Å². The van der Waals surface area contributed by atoms with Crippen molar-refractivity contribution in [3.8, 4) is 0 Å². The van der Waals surface area contributed by atoms with E-state index in [9.17, 15) is 0 Å². The molecule has 0 aliphatic carbocycles. The molecule has 7 nitrogen and oxygen atoms in total. The molecule has 0 saturated heterocycles. The fourth-order valence-corrected chi connectivity index (χ4v) is 1.82. The smallest absolute Gasteiger partial charge is 0.224 e. The van der Waals surface area contributed by atoms with E-state index in [2.05, 4.69) is 25.3 Å². The standard InChI is InChI=1S/C13H13N7/c14-11-10-12(20-13(15)19-11)17-7-9(18-10)6-16-8-4-2-1-3-5-8/h1-5,7,16H,6H2,(H4,14,15,17,19,20). The number of fused-ring (bicyclic) bond motifs is 1. The lowest BCUT2D eigenvalue weighted by Crippen LogP contribution is -2.06. The number of rotatable bonds is 3. The molecule has 2 heterocycles. The van der Waals surface area contributed by atoms with Crippen molar-refractivity contribution in [2.45, 2.75) is 6.54 Å². The van der Waals surface area contributed by atoms with Gasteiger partial charge in [0.1, 0.15) is 0 Å². The summed E-state index contributed by atoms with van der Waals surface area (Å²) in [6.45, 7) is 0.538. The Bertz CT molecular complexity index is 742. The quantitative estimate of drug-likeness (QED) is 0.652. The second kappa shape index (κ2) is 4.96. The fourth-order valence-electron chi connectivity index (χ4n) is 1.82. The third kappa shape index (κ3) is 2.41. The molecule has 100 valence electrons. The Morgan fingerprint density at radius 3 is 2.60 bits per heavy atom. The first kappa shape index (κ1) is 12.1. The van der Waals surface area contributed by atoms with E-state index >= 15 is 0 Å². The summed E-state index contributed by atoms with van der Waals surface area (Å²) in [7, 11) is 0. The number of benzene rings is 1. The van der Waals surface area contributed by atoms with Crippen LogP contribution in [0.2, 0.25) is 0 Å². The van der Waals surface area contributed by atoms with Crippen molar-refractivity contribution in [2.24, 2.45) is 0 Å². The summed E-state index contributed by atoms with van der Waals surface area (Å²) in [4.78, 5) is 16.5. The zero-order valence-corrected chi connectivity index (χ0v) is 10.6. The molecule has 0 bridgehead atoms. The second-order valence-electron chi connectivity index (χ2n) is 4.22. The summed E-state index contributed by atoms with van der Waals surface area (Å²) in [5, 5.41) is 3.25. The SMILES string of the molecule is Nc1nc(N)c2nc(CNc3ccccc3)cnc2n1. The Labute approximate surface area is 115 Å². The minimum absolute atomic E-state index is 0.0967. The molecule has 0 saturated carbocycles. The van der Waals surface area contributed by atoms with Gasteiger partial charge in [-0.3, -0.25) is 0 Å². The summed E-state index contributed by atoms with van der Waals surface area (Å²) < 4.78 is 0. The number of hydrogen-bond acceptors (Lipinski definition) is 7. The van der Waals surface area contributed by atoms with E-state index in [1.54, 1.807) is 6.20 Å². The van der Waals surface area contributed by atoms with Crippen LogP contribution in [0, 0.1) is 0 Å². The molecule has 0 unspecified atom stereocenters. The van der Waals surface area contributed by atoms with Crippen LogP contribution < -0.4 is 16.8 Å². The molecule has 0 fully saturated rings. The molecule has 1 aromatic carbocycles. The van der Waals surface area contributed by atoms with Crippen LogP contribution in [0.5, 0.6) is 0 Å². The first-order valence-corrected chi connectivity index (χ1v) is 6.06. The van der Waals surface area contributed by atoms with Crippen molar-refractivity contribution in [1.29, 1.82) is 0 Å². The number of aromatic nitrogens is 4. The van der Waals surface area contributed by atoms with Gasteiger partial charge in [0.25, 0.3) is 0 Å². The monoisotopic (exact) mass is 267 g/mol. The third-order valence-corrected chi connectivity index (χ3v) is 2.75.